The van der Waals surface area contributed by atoms with E-state index in [4.69, 9.17) is 9.47 Å². The van der Waals surface area contributed by atoms with Gasteiger partial charge >= 0.3 is 0 Å². The van der Waals surface area contributed by atoms with E-state index in [0.717, 1.165) is 5.56 Å². The zero-order chi connectivity index (χ0) is 22.9. The van der Waals surface area contributed by atoms with Crippen molar-refractivity contribution in [3.63, 3.8) is 0 Å². The van der Waals surface area contributed by atoms with Crippen LogP contribution in [0.1, 0.15) is 39.7 Å². The van der Waals surface area contributed by atoms with Crippen LogP contribution in [0.4, 0.5) is 0 Å². The Bertz CT molecular complexity index is 846. The minimum atomic E-state index is -0.572. The van der Waals surface area contributed by atoms with Gasteiger partial charge in [-0.05, 0) is 51.3 Å². The lowest BCUT2D eigenvalue weighted by atomic mass is 10.1. The lowest BCUT2D eigenvalue weighted by Gasteiger charge is -2.33. The van der Waals surface area contributed by atoms with Gasteiger partial charge in [-0.15, -0.1) is 0 Å². The van der Waals surface area contributed by atoms with Crippen molar-refractivity contribution in [2.75, 3.05) is 20.3 Å². The molecule has 2 aromatic carbocycles. The van der Waals surface area contributed by atoms with E-state index in [2.05, 4.69) is 5.32 Å². The molecule has 2 amide bonds. The average Bonchev–Trinajstić information content (AvgIpc) is 2.74. The second kappa shape index (κ2) is 11.4. The number of amides is 2. The van der Waals surface area contributed by atoms with Crippen LogP contribution >= 0.6 is 0 Å². The number of hydrogen-bond acceptors (Lipinski definition) is 4. The Labute approximate surface area is 185 Å². The molecule has 0 fully saturated rings. The van der Waals surface area contributed by atoms with Crippen molar-refractivity contribution in [1.82, 2.24) is 10.2 Å². The van der Waals surface area contributed by atoms with Gasteiger partial charge in [-0.2, -0.15) is 0 Å². The lowest BCUT2D eigenvalue weighted by molar-refractivity contribution is -0.142. The predicted molar refractivity (Wildman–Crippen MR) is 122 cm³/mol. The van der Waals surface area contributed by atoms with Crippen LogP contribution < -0.4 is 14.8 Å². The molecule has 1 N–H and O–H groups in total. The Morgan fingerprint density at radius 1 is 1.00 bits per heavy atom. The summed E-state index contributed by atoms with van der Waals surface area (Å²) in [6.45, 7) is 7.95. The van der Waals surface area contributed by atoms with Crippen LogP contribution in [-0.4, -0.2) is 48.6 Å². The molecule has 0 aliphatic rings. The van der Waals surface area contributed by atoms with Crippen molar-refractivity contribution in [2.45, 2.75) is 52.1 Å². The molecule has 6 nitrogen and oxygen atoms in total. The Hall–Kier alpha value is -3.02. The van der Waals surface area contributed by atoms with Crippen molar-refractivity contribution in [1.29, 1.82) is 0 Å². The number of rotatable bonds is 10. The molecule has 0 spiro atoms. The molecule has 0 aliphatic carbocycles. The van der Waals surface area contributed by atoms with Crippen LogP contribution in [0.15, 0.2) is 54.6 Å². The molecule has 31 heavy (non-hydrogen) atoms. The maximum Gasteiger partial charge on any atom is 0.261 e. The normalized spacial score (nSPS) is 12.0. The number of carbonyl (C=O) groups excluding carboxylic acids is 2. The first-order chi connectivity index (χ1) is 14.7. The SMILES string of the molecule is CCC(C(=O)NC(C)(C)C)N(CCc1ccccc1)C(=O)COc1ccccc1OC. The summed E-state index contributed by atoms with van der Waals surface area (Å²) in [6, 6.07) is 16.5. The molecule has 168 valence electrons. The third-order valence-electron chi connectivity index (χ3n) is 4.79. The van der Waals surface area contributed by atoms with Crippen molar-refractivity contribution < 1.29 is 19.1 Å². The van der Waals surface area contributed by atoms with Crippen LogP contribution in [0.25, 0.3) is 0 Å². The number of para-hydroxylation sites is 2. The monoisotopic (exact) mass is 426 g/mol. The van der Waals surface area contributed by atoms with E-state index in [9.17, 15) is 9.59 Å². The highest BCUT2D eigenvalue weighted by Crippen LogP contribution is 2.25. The minimum Gasteiger partial charge on any atom is -0.493 e. The summed E-state index contributed by atoms with van der Waals surface area (Å²) in [5.41, 5.74) is 0.726. The topological polar surface area (TPSA) is 67.9 Å². The summed E-state index contributed by atoms with van der Waals surface area (Å²) in [6.07, 6.45) is 1.16. The van der Waals surface area contributed by atoms with Crippen LogP contribution in [0.3, 0.4) is 0 Å². The minimum absolute atomic E-state index is 0.159. The number of hydrogen-bond donors (Lipinski definition) is 1. The second-order valence-corrected chi connectivity index (χ2v) is 8.43. The molecule has 0 aliphatic heterocycles. The third kappa shape index (κ3) is 7.63. The molecule has 6 heteroatoms. The van der Waals surface area contributed by atoms with Crippen molar-refractivity contribution in [3.8, 4) is 11.5 Å². The molecule has 1 atom stereocenters. The number of nitrogens with one attached hydrogen (secondary N) is 1. The van der Waals surface area contributed by atoms with Gasteiger partial charge in [0.25, 0.3) is 5.91 Å². The summed E-state index contributed by atoms with van der Waals surface area (Å²) >= 11 is 0. The maximum atomic E-state index is 13.2. The van der Waals surface area contributed by atoms with Gasteiger partial charge in [-0.3, -0.25) is 9.59 Å². The number of methoxy groups -OCH3 is 1. The molecule has 0 aromatic heterocycles. The third-order valence-corrected chi connectivity index (χ3v) is 4.79. The van der Waals surface area contributed by atoms with Gasteiger partial charge in [0.2, 0.25) is 5.91 Å². The van der Waals surface area contributed by atoms with Gasteiger partial charge in [-0.1, -0.05) is 49.4 Å². The Kier molecular flexibility index (Phi) is 8.91. The molecule has 1 unspecified atom stereocenters. The summed E-state index contributed by atoms with van der Waals surface area (Å²) in [4.78, 5) is 27.8. The average molecular weight is 427 g/mol. The maximum absolute atomic E-state index is 13.2. The van der Waals surface area contributed by atoms with Crippen LogP contribution in [0.5, 0.6) is 11.5 Å². The summed E-state index contributed by atoms with van der Waals surface area (Å²) in [5, 5.41) is 3.00. The van der Waals surface area contributed by atoms with Crippen molar-refractivity contribution in [2.24, 2.45) is 0 Å². The number of ether oxygens (including phenoxy) is 2. The van der Waals surface area contributed by atoms with Crippen LogP contribution in [-0.2, 0) is 16.0 Å². The Morgan fingerprint density at radius 3 is 2.19 bits per heavy atom. The van der Waals surface area contributed by atoms with Gasteiger partial charge in [0, 0.05) is 12.1 Å². The number of carbonyl (C=O) groups is 2. The summed E-state index contributed by atoms with van der Waals surface area (Å²) in [7, 11) is 1.56. The van der Waals surface area contributed by atoms with E-state index < -0.39 is 6.04 Å². The molecule has 2 aromatic rings. The van der Waals surface area contributed by atoms with E-state index in [0.29, 0.717) is 30.9 Å². The molecule has 2 rings (SSSR count). The standard InChI is InChI=1S/C25H34N2O4/c1-6-20(24(29)26-25(2,3)4)27(17-16-19-12-8-7-9-13-19)23(28)18-31-22-15-11-10-14-21(22)30-5/h7-15,20H,6,16-18H2,1-5H3,(H,26,29). The van der Waals surface area contributed by atoms with Crippen molar-refractivity contribution in [3.05, 3.63) is 60.2 Å². The van der Waals surface area contributed by atoms with E-state index in [1.807, 2.05) is 70.2 Å². The molecular formula is C25H34N2O4. The first-order valence-electron chi connectivity index (χ1n) is 10.7. The molecule has 0 bridgehead atoms. The molecular weight excluding hydrogens is 392 g/mol. The predicted octanol–water partition coefficient (Wildman–Crippen LogP) is 3.84. The quantitative estimate of drug-likeness (QED) is 0.627. The summed E-state index contributed by atoms with van der Waals surface area (Å²) in [5.74, 6) is 0.656. The lowest BCUT2D eigenvalue weighted by Crippen LogP contribution is -2.54. The molecule has 0 saturated heterocycles. The molecule has 0 radical (unpaired) electrons. The highest BCUT2D eigenvalue weighted by atomic mass is 16.5. The fourth-order valence-corrected chi connectivity index (χ4v) is 3.31. The molecule has 0 saturated carbocycles. The number of benzene rings is 2. The molecule has 0 heterocycles. The van der Waals surface area contributed by atoms with E-state index >= 15 is 0 Å². The first-order valence-corrected chi connectivity index (χ1v) is 10.7. The zero-order valence-electron chi connectivity index (χ0n) is 19.2. The van der Waals surface area contributed by atoms with Crippen molar-refractivity contribution >= 4 is 11.8 Å². The highest BCUT2D eigenvalue weighted by molar-refractivity contribution is 5.88. The van der Waals surface area contributed by atoms with Crippen LogP contribution in [0, 0.1) is 0 Å². The smallest absolute Gasteiger partial charge is 0.261 e. The summed E-state index contributed by atoms with van der Waals surface area (Å²) < 4.78 is 11.0. The van der Waals surface area contributed by atoms with E-state index in [1.54, 1.807) is 24.1 Å². The Morgan fingerprint density at radius 2 is 1.61 bits per heavy atom. The van der Waals surface area contributed by atoms with Gasteiger partial charge in [-0.25, -0.2) is 0 Å². The highest BCUT2D eigenvalue weighted by Gasteiger charge is 2.30. The fraction of sp³-hybridized carbons (Fsp3) is 0.440. The van der Waals surface area contributed by atoms with Crippen LogP contribution in [0.2, 0.25) is 0 Å². The van der Waals surface area contributed by atoms with E-state index in [1.165, 1.54) is 0 Å². The van der Waals surface area contributed by atoms with E-state index in [-0.39, 0.29) is 24.0 Å². The van der Waals surface area contributed by atoms with Gasteiger partial charge in [0.05, 0.1) is 7.11 Å². The second-order valence-electron chi connectivity index (χ2n) is 8.43. The fourth-order valence-electron chi connectivity index (χ4n) is 3.31. The Balaban J connectivity index is 2.18. The van der Waals surface area contributed by atoms with Gasteiger partial charge < -0.3 is 19.7 Å². The van der Waals surface area contributed by atoms with Gasteiger partial charge in [0.15, 0.2) is 18.1 Å². The largest absolute Gasteiger partial charge is 0.493 e. The number of nitrogens with zero attached hydrogens (tertiary/aromatic N) is 1. The van der Waals surface area contributed by atoms with Gasteiger partial charge in [0.1, 0.15) is 6.04 Å². The first kappa shape index (κ1) is 24.3. The zero-order valence-corrected chi connectivity index (χ0v) is 19.2.